The summed E-state index contributed by atoms with van der Waals surface area (Å²) in [5, 5.41) is 51.9. The first-order valence-electron chi connectivity index (χ1n) is 10.6. The van der Waals surface area contributed by atoms with Crippen molar-refractivity contribution in [1.82, 2.24) is 0 Å². The molecule has 0 atom stereocenters. The van der Waals surface area contributed by atoms with Gasteiger partial charge in [-0.1, -0.05) is 29.8 Å². The third-order valence-electron chi connectivity index (χ3n) is 4.30. The third-order valence-corrected chi connectivity index (χ3v) is 4.30. The van der Waals surface area contributed by atoms with E-state index in [9.17, 15) is 9.59 Å². The summed E-state index contributed by atoms with van der Waals surface area (Å²) in [7, 11) is 0. The number of aldehydes is 1. The molecule has 0 bridgehead atoms. The number of aromatic carboxylic acids is 1. The summed E-state index contributed by atoms with van der Waals surface area (Å²) in [4.78, 5) is 20.3. The van der Waals surface area contributed by atoms with E-state index in [0.29, 0.717) is 11.3 Å². The largest absolute Gasteiger partial charge is 0.508 e. The lowest BCUT2D eigenvalue weighted by atomic mass is 10.2. The monoisotopic (exact) mass is 492 g/mol. The number of carbonyl (C=O) groups is 2. The van der Waals surface area contributed by atoms with E-state index >= 15 is 0 Å². The van der Waals surface area contributed by atoms with Crippen molar-refractivity contribution >= 4 is 12.3 Å². The molecule has 0 fully saturated rings. The molecule has 36 heavy (non-hydrogen) atoms. The third kappa shape index (κ3) is 12.4. The Balaban J connectivity index is 0.000000241. The zero-order valence-electron chi connectivity index (χ0n) is 19.5. The molecule has 0 saturated carbocycles. The standard InChI is InChI=1S/C7H6O3.C7H8O2.C7H6O2.C7H8O/c8-6-3-1-5(2-4-6)7(9)10;2*8-5-6-1-3-7(9)4-2-6;1-6-2-4-7(8)5-3-6/h1-4,8H,(H,9,10);1-4,8-9H,5H2;1-5,9H;2-5,8H,1H3. The van der Waals surface area contributed by atoms with Gasteiger partial charge in [-0.15, -0.1) is 0 Å². The molecule has 0 heterocycles. The van der Waals surface area contributed by atoms with Crippen LogP contribution in [0.2, 0.25) is 0 Å². The van der Waals surface area contributed by atoms with Crippen LogP contribution in [0.5, 0.6) is 23.0 Å². The van der Waals surface area contributed by atoms with Crippen LogP contribution in [0.1, 0.15) is 31.8 Å². The van der Waals surface area contributed by atoms with Crippen molar-refractivity contribution in [2.75, 3.05) is 0 Å². The van der Waals surface area contributed by atoms with Gasteiger partial charge in [0.05, 0.1) is 12.2 Å². The minimum absolute atomic E-state index is 0.0281. The smallest absolute Gasteiger partial charge is 0.335 e. The van der Waals surface area contributed by atoms with E-state index in [4.69, 9.17) is 30.6 Å². The second kappa shape index (κ2) is 15.9. The number of phenolic OH excluding ortho intramolecular Hbond substituents is 4. The fourth-order valence-corrected chi connectivity index (χ4v) is 2.30. The Morgan fingerprint density at radius 3 is 1.33 bits per heavy atom. The molecule has 0 radical (unpaired) electrons. The van der Waals surface area contributed by atoms with Gasteiger partial charge in [-0.3, -0.25) is 4.79 Å². The number of carboxylic acids is 1. The Morgan fingerprint density at radius 1 is 0.639 bits per heavy atom. The van der Waals surface area contributed by atoms with Crippen LogP contribution in [0.3, 0.4) is 0 Å². The molecule has 0 aliphatic carbocycles. The predicted octanol–water partition coefficient (Wildman–Crippen LogP) is 4.88. The molecule has 8 nitrogen and oxygen atoms in total. The molecule has 0 saturated heterocycles. The minimum Gasteiger partial charge on any atom is -0.508 e. The maximum atomic E-state index is 10.2. The number of hydrogen-bond acceptors (Lipinski definition) is 7. The van der Waals surface area contributed by atoms with Crippen molar-refractivity contribution in [3.05, 3.63) is 119 Å². The van der Waals surface area contributed by atoms with Crippen LogP contribution in [0.15, 0.2) is 97.1 Å². The SMILES string of the molecule is Cc1ccc(O)cc1.O=C(O)c1ccc(O)cc1.O=Cc1ccc(O)cc1.OCc1ccc(O)cc1. The number of carboxylic acid groups (broad SMARTS) is 1. The van der Waals surface area contributed by atoms with Crippen LogP contribution in [-0.4, -0.2) is 42.9 Å². The molecular formula is C28H28O8. The molecule has 0 aromatic heterocycles. The van der Waals surface area contributed by atoms with Crippen LogP contribution in [0.25, 0.3) is 0 Å². The number of rotatable bonds is 3. The summed E-state index contributed by atoms with van der Waals surface area (Å²) in [5.41, 5.74) is 2.74. The zero-order valence-corrected chi connectivity index (χ0v) is 19.5. The van der Waals surface area contributed by atoms with E-state index in [1.807, 2.05) is 19.1 Å². The van der Waals surface area contributed by atoms with Crippen molar-refractivity contribution in [3.63, 3.8) is 0 Å². The number of aryl methyl sites for hydroxylation is 1. The Labute approximate surface area is 208 Å². The van der Waals surface area contributed by atoms with E-state index in [2.05, 4.69) is 0 Å². The Kier molecular flexibility index (Phi) is 12.9. The Morgan fingerprint density at radius 2 is 1.00 bits per heavy atom. The fraction of sp³-hybridized carbons (Fsp3) is 0.0714. The first-order valence-corrected chi connectivity index (χ1v) is 10.6. The number of benzene rings is 4. The summed E-state index contributed by atoms with van der Waals surface area (Å²) in [6.45, 7) is 2.01. The van der Waals surface area contributed by atoms with Gasteiger partial charge in [0.25, 0.3) is 0 Å². The maximum absolute atomic E-state index is 10.2. The van der Waals surface area contributed by atoms with Crippen molar-refractivity contribution in [3.8, 4) is 23.0 Å². The van der Waals surface area contributed by atoms with Crippen molar-refractivity contribution in [1.29, 1.82) is 0 Å². The van der Waals surface area contributed by atoms with E-state index < -0.39 is 5.97 Å². The molecular weight excluding hydrogens is 464 g/mol. The lowest BCUT2D eigenvalue weighted by Gasteiger charge is -1.93. The van der Waals surface area contributed by atoms with Gasteiger partial charge in [-0.05, 0) is 85.3 Å². The first-order chi connectivity index (χ1) is 17.1. The molecule has 0 amide bonds. The van der Waals surface area contributed by atoms with Crippen LogP contribution < -0.4 is 0 Å². The highest BCUT2D eigenvalue weighted by molar-refractivity contribution is 5.87. The quantitative estimate of drug-likeness (QED) is 0.221. The van der Waals surface area contributed by atoms with Crippen molar-refractivity contribution in [2.45, 2.75) is 13.5 Å². The molecule has 0 spiro atoms. The Hall–Kier alpha value is -4.82. The number of phenols is 4. The summed E-state index contributed by atoms with van der Waals surface area (Å²) in [6, 6.07) is 25.0. The number of aliphatic hydroxyl groups excluding tert-OH is 1. The maximum Gasteiger partial charge on any atom is 0.335 e. The number of aromatic hydroxyl groups is 4. The van der Waals surface area contributed by atoms with Crippen molar-refractivity contribution < 1.29 is 40.2 Å². The van der Waals surface area contributed by atoms with Gasteiger partial charge >= 0.3 is 5.97 Å². The van der Waals surface area contributed by atoms with Crippen LogP contribution in [0, 0.1) is 6.92 Å². The topological polar surface area (TPSA) is 156 Å². The molecule has 4 rings (SSSR count). The summed E-state index contributed by atoms with van der Waals surface area (Å²) in [6.07, 6.45) is 0.736. The fourth-order valence-electron chi connectivity index (χ4n) is 2.30. The normalized spacial score (nSPS) is 9.17. The van der Waals surface area contributed by atoms with Gasteiger partial charge in [0.15, 0.2) is 0 Å². The minimum atomic E-state index is -0.986. The number of aliphatic hydroxyl groups is 1. The Bertz CT molecular complexity index is 1150. The average molecular weight is 493 g/mol. The van der Waals surface area contributed by atoms with E-state index in [1.165, 1.54) is 42.0 Å². The second-order valence-corrected chi connectivity index (χ2v) is 7.22. The molecule has 8 heteroatoms. The van der Waals surface area contributed by atoms with E-state index in [0.717, 1.165) is 11.8 Å². The lowest BCUT2D eigenvalue weighted by Crippen LogP contribution is -1.93. The molecule has 4 aromatic carbocycles. The van der Waals surface area contributed by atoms with Crippen LogP contribution in [-0.2, 0) is 6.61 Å². The molecule has 4 aromatic rings. The summed E-state index contributed by atoms with van der Waals surface area (Å²) >= 11 is 0. The lowest BCUT2D eigenvalue weighted by molar-refractivity contribution is 0.0696. The molecule has 6 N–H and O–H groups in total. The molecule has 0 aliphatic heterocycles. The highest BCUT2D eigenvalue weighted by Crippen LogP contribution is 2.10. The van der Waals surface area contributed by atoms with Gasteiger partial charge in [-0.25, -0.2) is 4.79 Å². The van der Waals surface area contributed by atoms with Crippen LogP contribution in [0.4, 0.5) is 0 Å². The van der Waals surface area contributed by atoms with Crippen molar-refractivity contribution in [2.24, 2.45) is 0 Å². The highest BCUT2D eigenvalue weighted by Gasteiger charge is 1.99. The second-order valence-electron chi connectivity index (χ2n) is 7.22. The zero-order chi connectivity index (χ0) is 26.9. The first kappa shape index (κ1) is 29.2. The highest BCUT2D eigenvalue weighted by atomic mass is 16.4. The van der Waals surface area contributed by atoms with Gasteiger partial charge in [0, 0.05) is 5.56 Å². The average Bonchev–Trinajstić information content (AvgIpc) is 2.88. The summed E-state index contributed by atoms with van der Waals surface area (Å²) in [5.74, 6) is -0.173. The van der Waals surface area contributed by atoms with E-state index in [-0.39, 0.29) is 29.4 Å². The molecule has 0 aliphatic rings. The van der Waals surface area contributed by atoms with Crippen LogP contribution >= 0.6 is 0 Å². The van der Waals surface area contributed by atoms with Gasteiger partial charge < -0.3 is 30.6 Å². The number of carbonyl (C=O) groups excluding carboxylic acids is 1. The van der Waals surface area contributed by atoms with Gasteiger partial charge in [0.1, 0.15) is 29.3 Å². The van der Waals surface area contributed by atoms with Gasteiger partial charge in [0.2, 0.25) is 0 Å². The number of hydrogen-bond donors (Lipinski definition) is 6. The molecule has 0 unspecified atom stereocenters. The molecule has 188 valence electrons. The summed E-state index contributed by atoms with van der Waals surface area (Å²) < 4.78 is 0. The predicted molar refractivity (Wildman–Crippen MR) is 135 cm³/mol. The van der Waals surface area contributed by atoms with E-state index in [1.54, 1.807) is 48.5 Å². The van der Waals surface area contributed by atoms with Gasteiger partial charge in [-0.2, -0.15) is 0 Å².